The lowest BCUT2D eigenvalue weighted by atomic mass is 10.0. The number of aliphatic hydroxyl groups excluding tert-OH is 1. The van der Waals surface area contributed by atoms with Crippen LogP contribution in [0.1, 0.15) is 109 Å². The maximum Gasteiger partial charge on any atom is 0.326 e. The summed E-state index contributed by atoms with van der Waals surface area (Å²) in [4.78, 5) is 196. The van der Waals surface area contributed by atoms with Gasteiger partial charge >= 0.3 is 5.97 Å². The number of carbonyl (C=O) groups excluding carboxylic acids is 13. The first-order valence-electron chi connectivity index (χ1n) is 33.8. The second-order valence-corrected chi connectivity index (χ2v) is 25.9. The molecule has 33 heteroatoms. The number of aromatic hydroxyl groups is 2. The van der Waals surface area contributed by atoms with Crippen molar-refractivity contribution in [3.05, 3.63) is 95.6 Å². The lowest BCUT2D eigenvalue weighted by molar-refractivity contribution is -0.148. The molecule has 12 atom stereocenters. The van der Waals surface area contributed by atoms with Gasteiger partial charge in [0.05, 0.1) is 31.7 Å². The molecule has 33 nitrogen and oxygen atoms in total. The zero-order valence-electron chi connectivity index (χ0n) is 57.0. The molecule has 3 fully saturated rings. The fourth-order valence-corrected chi connectivity index (χ4v) is 12.1. The molecule has 3 aromatic carbocycles. The Morgan fingerprint density at radius 2 is 0.960 bits per heavy atom. The van der Waals surface area contributed by atoms with E-state index in [2.05, 4.69) is 47.9 Å². The van der Waals surface area contributed by atoms with E-state index in [0.717, 1.165) is 11.8 Å². The molecule has 3 aromatic rings. The van der Waals surface area contributed by atoms with Crippen molar-refractivity contribution in [1.82, 2.24) is 62.6 Å². The molecule has 0 aromatic heterocycles. The smallest absolute Gasteiger partial charge is 0.326 e. The van der Waals surface area contributed by atoms with Crippen molar-refractivity contribution < 1.29 is 87.5 Å². The number of hydrogen-bond donors (Lipinski definition) is 16. The van der Waals surface area contributed by atoms with E-state index in [1.54, 1.807) is 44.2 Å². The minimum atomic E-state index is -1.92. The average molecular weight is 1410 g/mol. The topological polar surface area (TPSA) is 516 Å². The van der Waals surface area contributed by atoms with Crippen molar-refractivity contribution in [2.45, 2.75) is 184 Å². The van der Waals surface area contributed by atoms with Crippen molar-refractivity contribution in [3.63, 3.8) is 0 Å². The highest BCUT2D eigenvalue weighted by molar-refractivity contribution is 6.00. The highest BCUT2D eigenvalue weighted by atomic mass is 16.4. The second kappa shape index (κ2) is 38.3. The summed E-state index contributed by atoms with van der Waals surface area (Å²) in [5.41, 5.74) is 18.5. The van der Waals surface area contributed by atoms with Crippen LogP contribution >= 0.6 is 0 Å². The summed E-state index contributed by atoms with van der Waals surface area (Å²) in [7, 11) is 0. The SMILES string of the molecule is CC(C)[C@H](NC(=O)CNC(=O)[C@H](C)N)C(=O)N1CCC[C@H]1C(=O)N[C@@H](Cc1ccccc1)C(=O)N[C@@H](CC(N)=O)C(=O)N[C@H](C(=O)N[C@@H](CCCCN)C(=O)N[C@@H](Cc1ccc(O)cc1)C(=O)N1CCC[C@H]1C(=O)N[C@@H](Cc1ccc(O)cc1)C(=O)NCC(=O)N1CCC[C@H]1C(=O)O)[C@@H](C)O. The molecule has 0 saturated carbocycles. The highest BCUT2D eigenvalue weighted by Gasteiger charge is 2.43. The molecule has 550 valence electrons. The molecule has 3 aliphatic heterocycles. The van der Waals surface area contributed by atoms with Crippen LogP contribution in [0.25, 0.3) is 0 Å². The van der Waals surface area contributed by atoms with E-state index in [4.69, 9.17) is 17.2 Å². The Morgan fingerprint density at radius 1 is 0.495 bits per heavy atom. The molecule has 0 unspecified atom stereocenters. The molecule has 3 saturated heterocycles. The van der Waals surface area contributed by atoms with E-state index in [1.807, 2.05) is 0 Å². The number of nitrogens with zero attached hydrogens (tertiary/aromatic N) is 3. The number of aliphatic carboxylic acids is 1. The number of carboxylic acids is 1. The van der Waals surface area contributed by atoms with Crippen LogP contribution < -0.4 is 65.1 Å². The number of carbonyl (C=O) groups is 14. The molecule has 3 aliphatic rings. The third kappa shape index (κ3) is 23.7. The number of nitrogens with two attached hydrogens (primary N) is 3. The quantitative estimate of drug-likeness (QED) is 0.0248. The zero-order valence-corrected chi connectivity index (χ0v) is 57.0. The number of hydrogen-bond acceptors (Lipinski definition) is 19. The largest absolute Gasteiger partial charge is 0.508 e. The van der Waals surface area contributed by atoms with Crippen LogP contribution in [0.5, 0.6) is 11.5 Å². The van der Waals surface area contributed by atoms with Gasteiger partial charge < -0.3 is 100 Å². The molecule has 0 radical (unpaired) electrons. The second-order valence-electron chi connectivity index (χ2n) is 25.9. The Bertz CT molecular complexity index is 3430. The van der Waals surface area contributed by atoms with Crippen LogP contribution in [-0.4, -0.2) is 230 Å². The number of carboxylic acid groups (broad SMARTS) is 1. The van der Waals surface area contributed by atoms with Gasteiger partial charge in [-0.3, -0.25) is 62.3 Å². The number of amides is 13. The number of aliphatic hydroxyl groups is 1. The van der Waals surface area contributed by atoms with Gasteiger partial charge in [-0.15, -0.1) is 0 Å². The van der Waals surface area contributed by atoms with E-state index in [9.17, 15) is 82.8 Å². The van der Waals surface area contributed by atoms with Crippen LogP contribution in [0.4, 0.5) is 0 Å². The predicted molar refractivity (Wildman–Crippen MR) is 362 cm³/mol. The van der Waals surface area contributed by atoms with E-state index in [-0.39, 0.29) is 95.5 Å². The molecule has 0 bridgehead atoms. The summed E-state index contributed by atoms with van der Waals surface area (Å²) in [6.45, 7) is 5.22. The molecular formula is C68H95N15O18. The van der Waals surface area contributed by atoms with Crippen molar-refractivity contribution >= 4 is 82.8 Å². The summed E-state index contributed by atoms with van der Waals surface area (Å²) in [5.74, 6) is -13.1. The van der Waals surface area contributed by atoms with Gasteiger partial charge in [-0.25, -0.2) is 4.79 Å². The number of primary amides is 1. The molecule has 6 rings (SSSR count). The number of phenols is 2. The Labute approximate surface area is 583 Å². The van der Waals surface area contributed by atoms with Gasteiger partial charge in [0.2, 0.25) is 76.8 Å². The van der Waals surface area contributed by atoms with Gasteiger partial charge in [0.1, 0.15) is 71.9 Å². The monoisotopic (exact) mass is 1410 g/mol. The fraction of sp³-hybridized carbons (Fsp3) is 0.529. The lowest BCUT2D eigenvalue weighted by Gasteiger charge is -2.32. The molecule has 13 amide bonds. The minimum Gasteiger partial charge on any atom is -0.508 e. The Kier molecular flexibility index (Phi) is 30.3. The van der Waals surface area contributed by atoms with Crippen LogP contribution in [0, 0.1) is 5.92 Å². The van der Waals surface area contributed by atoms with Crippen LogP contribution in [0.3, 0.4) is 0 Å². The van der Waals surface area contributed by atoms with E-state index in [1.165, 1.54) is 65.3 Å². The predicted octanol–water partition coefficient (Wildman–Crippen LogP) is -3.80. The summed E-state index contributed by atoms with van der Waals surface area (Å²) in [6, 6.07) is 4.55. The first-order chi connectivity index (χ1) is 48.0. The van der Waals surface area contributed by atoms with Crippen LogP contribution in [0.2, 0.25) is 0 Å². The highest BCUT2D eigenvalue weighted by Crippen LogP contribution is 2.24. The van der Waals surface area contributed by atoms with Crippen molar-refractivity contribution in [2.24, 2.45) is 23.1 Å². The first-order valence-corrected chi connectivity index (χ1v) is 33.8. The Balaban J connectivity index is 1.19. The number of unbranched alkanes of at least 4 members (excludes halogenated alkanes) is 1. The number of benzene rings is 3. The number of rotatable bonds is 36. The van der Waals surface area contributed by atoms with Gasteiger partial charge in [0.25, 0.3) is 0 Å². The standard InChI is InChI=1S/C68H95N15O18/c1-37(2)56(79-54(88)35-72-58(90)38(3)70)67(99)83-30-11-17-51(83)64(96)77-47(31-40-13-6-5-7-14-40)61(93)75-48(34-53(71)87)62(94)80-57(39(4)84)65(97)74-45(15-8-9-27-69)60(92)78-49(33-42-21-25-44(86)26-22-42)66(98)82-29-10-16-50(82)63(95)76-46(32-41-19-23-43(85)24-20-41)59(91)73-36-55(89)81-28-12-18-52(81)68(100)101/h5-7,13-14,19-26,37-39,45-52,56-57,84-86H,8-12,15-18,27-36,69-70H2,1-4H3,(H2,71,87)(H,72,90)(H,73,91)(H,74,97)(H,75,93)(H,76,95)(H,77,96)(H,78,92)(H,79,88)(H,80,94)(H,100,101)/t38-,39+,45-,46-,47-,48-,49-,50-,51-,52-,56-,57-/m0/s1. The molecular weight excluding hydrogens is 1310 g/mol. The minimum absolute atomic E-state index is 0.0141. The lowest BCUT2D eigenvalue weighted by Crippen LogP contribution is -2.62. The van der Waals surface area contributed by atoms with Crippen molar-refractivity contribution in [2.75, 3.05) is 39.3 Å². The van der Waals surface area contributed by atoms with Gasteiger partial charge in [-0.05, 0) is 125 Å². The summed E-state index contributed by atoms with van der Waals surface area (Å²) in [5, 5.41) is 63.9. The molecule has 3 heterocycles. The number of likely N-dealkylation sites (tertiary alicyclic amines) is 3. The first kappa shape index (κ1) is 79.7. The normalized spacial score (nSPS) is 18.4. The van der Waals surface area contributed by atoms with E-state index in [0.29, 0.717) is 36.0 Å². The van der Waals surface area contributed by atoms with Crippen molar-refractivity contribution in [3.8, 4) is 11.5 Å². The van der Waals surface area contributed by atoms with Crippen LogP contribution in [-0.2, 0) is 86.4 Å². The maximum absolute atomic E-state index is 15.0. The fourth-order valence-electron chi connectivity index (χ4n) is 12.1. The van der Waals surface area contributed by atoms with E-state index >= 15 is 4.79 Å². The molecule has 0 spiro atoms. The van der Waals surface area contributed by atoms with E-state index < -0.39 is 181 Å². The summed E-state index contributed by atoms with van der Waals surface area (Å²) < 4.78 is 0. The van der Waals surface area contributed by atoms with Gasteiger partial charge in [-0.2, -0.15) is 0 Å². The third-order valence-corrected chi connectivity index (χ3v) is 17.6. The van der Waals surface area contributed by atoms with Crippen LogP contribution in [0.15, 0.2) is 78.9 Å². The van der Waals surface area contributed by atoms with Gasteiger partial charge in [0, 0.05) is 38.9 Å². The number of nitrogens with one attached hydrogen (secondary N) is 9. The summed E-state index contributed by atoms with van der Waals surface area (Å²) in [6.07, 6.45) is -1.30. The molecule has 19 N–H and O–H groups in total. The zero-order chi connectivity index (χ0) is 74.2. The Hall–Kier alpha value is -10.3. The van der Waals surface area contributed by atoms with Gasteiger partial charge in [0.15, 0.2) is 0 Å². The number of phenolic OH excluding ortho intramolecular Hbond substituents is 2. The van der Waals surface area contributed by atoms with Crippen molar-refractivity contribution in [1.29, 1.82) is 0 Å². The maximum atomic E-state index is 15.0. The average Bonchev–Trinajstić information content (AvgIpc) is 1.73. The third-order valence-electron chi connectivity index (χ3n) is 17.6. The molecule has 0 aliphatic carbocycles. The summed E-state index contributed by atoms with van der Waals surface area (Å²) >= 11 is 0. The molecule has 101 heavy (non-hydrogen) atoms. The Morgan fingerprint density at radius 3 is 1.48 bits per heavy atom. The van der Waals surface area contributed by atoms with Gasteiger partial charge in [-0.1, -0.05) is 68.4 Å².